The molecule has 0 bridgehead atoms. The maximum atomic E-state index is 12.9. The third-order valence-electron chi connectivity index (χ3n) is 6.33. The minimum Gasteiger partial charge on any atom is -0.339 e. The lowest BCUT2D eigenvalue weighted by molar-refractivity contribution is 0.102. The molecule has 34 heavy (non-hydrogen) atoms. The summed E-state index contributed by atoms with van der Waals surface area (Å²) in [6.07, 6.45) is 2.78. The lowest BCUT2D eigenvalue weighted by atomic mass is 10.0. The Kier molecular flexibility index (Phi) is 5.88. The van der Waals surface area contributed by atoms with Crippen molar-refractivity contribution in [2.75, 3.05) is 10.6 Å². The summed E-state index contributed by atoms with van der Waals surface area (Å²) >= 11 is 0. The molecule has 1 saturated carbocycles. The minimum absolute atomic E-state index is 0.117. The number of anilines is 3. The number of aromatic amines is 1. The third kappa shape index (κ3) is 4.71. The standard InChI is InChI=1S/C28H29N5O/c1-17(2)27-18(3)12-22(16-29-27)31-28(34)20-9-7-8-19(13-20)23-14-24(23)25-15-26(33-32-25)30-21-10-5-4-6-11-21/h4-13,15-17,23-24H,14H2,1-3H3,(H,31,34)(H2,30,32,33). The Bertz CT molecular complexity index is 1310. The molecule has 1 aliphatic carbocycles. The summed E-state index contributed by atoms with van der Waals surface area (Å²) in [7, 11) is 0. The van der Waals surface area contributed by atoms with Gasteiger partial charge >= 0.3 is 0 Å². The molecular formula is C28H29N5O. The smallest absolute Gasteiger partial charge is 0.255 e. The highest BCUT2D eigenvalue weighted by molar-refractivity contribution is 6.04. The van der Waals surface area contributed by atoms with E-state index in [2.05, 4.69) is 51.8 Å². The van der Waals surface area contributed by atoms with Crippen molar-refractivity contribution in [2.24, 2.45) is 0 Å². The number of H-pyrrole nitrogens is 1. The maximum absolute atomic E-state index is 12.9. The molecule has 172 valence electrons. The SMILES string of the molecule is Cc1cc(NC(=O)c2cccc(C3CC3c3cc(Nc4ccccc4)n[nH]3)c2)cnc1C(C)C. The number of carbonyl (C=O) groups is 1. The van der Waals surface area contributed by atoms with E-state index in [1.165, 1.54) is 5.56 Å². The van der Waals surface area contributed by atoms with Crippen LogP contribution in [0.4, 0.5) is 17.2 Å². The molecule has 0 spiro atoms. The zero-order chi connectivity index (χ0) is 23.7. The van der Waals surface area contributed by atoms with Gasteiger partial charge in [0.05, 0.1) is 11.9 Å². The molecule has 6 heteroatoms. The van der Waals surface area contributed by atoms with E-state index in [1.807, 2.05) is 61.5 Å². The lowest BCUT2D eigenvalue weighted by Gasteiger charge is -2.11. The Hall–Kier alpha value is -3.93. The lowest BCUT2D eigenvalue weighted by Crippen LogP contribution is -2.13. The first-order chi connectivity index (χ1) is 16.5. The Labute approximate surface area is 199 Å². The average molecular weight is 452 g/mol. The van der Waals surface area contributed by atoms with Crippen LogP contribution in [0.2, 0.25) is 0 Å². The first-order valence-corrected chi connectivity index (χ1v) is 11.7. The average Bonchev–Trinajstić information content (AvgIpc) is 3.51. The van der Waals surface area contributed by atoms with Gasteiger partial charge in [0.2, 0.25) is 0 Å². The number of para-hydroxylation sites is 1. The second kappa shape index (κ2) is 9.14. The second-order valence-electron chi connectivity index (χ2n) is 9.31. The van der Waals surface area contributed by atoms with Crippen molar-refractivity contribution in [3.8, 4) is 0 Å². The van der Waals surface area contributed by atoms with Crippen LogP contribution in [0.5, 0.6) is 0 Å². The van der Waals surface area contributed by atoms with Crippen LogP contribution in [0.3, 0.4) is 0 Å². The van der Waals surface area contributed by atoms with Gasteiger partial charge in [0.15, 0.2) is 5.82 Å². The van der Waals surface area contributed by atoms with Crippen LogP contribution in [0.15, 0.2) is 72.9 Å². The van der Waals surface area contributed by atoms with Crippen LogP contribution in [-0.2, 0) is 0 Å². The zero-order valence-electron chi connectivity index (χ0n) is 19.7. The number of pyridine rings is 1. The van der Waals surface area contributed by atoms with Gasteiger partial charge in [-0.05, 0) is 66.6 Å². The van der Waals surface area contributed by atoms with Gasteiger partial charge in [-0.15, -0.1) is 0 Å². The molecule has 1 aliphatic rings. The molecule has 2 aromatic heterocycles. The molecule has 0 aliphatic heterocycles. The van der Waals surface area contributed by atoms with Crippen LogP contribution in [0.25, 0.3) is 0 Å². The first kappa shape index (κ1) is 21.9. The van der Waals surface area contributed by atoms with E-state index >= 15 is 0 Å². The number of hydrogen-bond donors (Lipinski definition) is 3. The van der Waals surface area contributed by atoms with E-state index in [9.17, 15) is 4.79 Å². The quantitative estimate of drug-likeness (QED) is 0.299. The van der Waals surface area contributed by atoms with Gasteiger partial charge in [0, 0.05) is 34.6 Å². The van der Waals surface area contributed by atoms with Crippen molar-refractivity contribution in [3.05, 3.63) is 101 Å². The van der Waals surface area contributed by atoms with Crippen molar-refractivity contribution in [1.29, 1.82) is 0 Å². The number of aromatic nitrogens is 3. The molecule has 2 aromatic carbocycles. The van der Waals surface area contributed by atoms with Crippen LogP contribution in [0.1, 0.15) is 70.9 Å². The van der Waals surface area contributed by atoms with Crippen molar-refractivity contribution < 1.29 is 4.79 Å². The molecule has 5 rings (SSSR count). The Balaban J connectivity index is 1.24. The molecule has 0 saturated heterocycles. The summed E-state index contributed by atoms with van der Waals surface area (Å²) in [6.45, 7) is 6.27. The van der Waals surface area contributed by atoms with Crippen LogP contribution < -0.4 is 10.6 Å². The zero-order valence-corrected chi connectivity index (χ0v) is 19.7. The van der Waals surface area contributed by atoms with E-state index < -0.39 is 0 Å². The molecule has 1 fully saturated rings. The molecular weight excluding hydrogens is 422 g/mol. The summed E-state index contributed by atoms with van der Waals surface area (Å²) in [5.74, 6) is 1.81. The molecule has 2 unspecified atom stereocenters. The van der Waals surface area contributed by atoms with Crippen molar-refractivity contribution in [3.63, 3.8) is 0 Å². The van der Waals surface area contributed by atoms with Crippen molar-refractivity contribution in [1.82, 2.24) is 15.2 Å². The number of nitrogens with one attached hydrogen (secondary N) is 3. The normalized spacial score (nSPS) is 16.9. The van der Waals surface area contributed by atoms with Gasteiger partial charge in [-0.25, -0.2) is 0 Å². The largest absolute Gasteiger partial charge is 0.339 e. The molecule has 1 amide bonds. The highest BCUT2D eigenvalue weighted by Crippen LogP contribution is 2.54. The molecule has 2 heterocycles. The second-order valence-corrected chi connectivity index (χ2v) is 9.31. The van der Waals surface area contributed by atoms with Crippen LogP contribution in [0, 0.1) is 6.92 Å². The summed E-state index contributed by atoms with van der Waals surface area (Å²) in [6, 6.07) is 22.0. The Morgan fingerprint density at radius 3 is 2.59 bits per heavy atom. The summed E-state index contributed by atoms with van der Waals surface area (Å²) in [5.41, 5.74) is 6.82. The number of aryl methyl sites for hydroxylation is 1. The molecule has 0 radical (unpaired) electrons. The van der Waals surface area contributed by atoms with E-state index in [1.54, 1.807) is 6.20 Å². The van der Waals surface area contributed by atoms with E-state index in [4.69, 9.17) is 0 Å². The fourth-order valence-corrected chi connectivity index (χ4v) is 4.54. The number of rotatable bonds is 7. The van der Waals surface area contributed by atoms with Gasteiger partial charge < -0.3 is 10.6 Å². The Morgan fingerprint density at radius 2 is 1.82 bits per heavy atom. The maximum Gasteiger partial charge on any atom is 0.255 e. The van der Waals surface area contributed by atoms with Gasteiger partial charge in [-0.3, -0.25) is 14.9 Å². The van der Waals surface area contributed by atoms with Gasteiger partial charge in [-0.1, -0.05) is 44.2 Å². The fraction of sp³-hybridized carbons (Fsp3) is 0.250. The predicted molar refractivity (Wildman–Crippen MR) is 136 cm³/mol. The highest BCUT2D eigenvalue weighted by Gasteiger charge is 2.41. The predicted octanol–water partition coefficient (Wildman–Crippen LogP) is 6.50. The van der Waals surface area contributed by atoms with Gasteiger partial charge in [0.25, 0.3) is 5.91 Å². The van der Waals surface area contributed by atoms with Crippen molar-refractivity contribution in [2.45, 2.75) is 44.9 Å². The third-order valence-corrected chi connectivity index (χ3v) is 6.33. The van der Waals surface area contributed by atoms with Gasteiger partial charge in [-0.2, -0.15) is 5.10 Å². The monoisotopic (exact) mass is 451 g/mol. The van der Waals surface area contributed by atoms with Crippen LogP contribution >= 0.6 is 0 Å². The highest BCUT2D eigenvalue weighted by atomic mass is 16.1. The van der Waals surface area contributed by atoms with E-state index in [0.717, 1.165) is 40.6 Å². The van der Waals surface area contributed by atoms with E-state index in [0.29, 0.717) is 23.3 Å². The first-order valence-electron chi connectivity index (χ1n) is 11.7. The fourth-order valence-electron chi connectivity index (χ4n) is 4.54. The number of nitrogens with zero attached hydrogens (tertiary/aromatic N) is 2. The van der Waals surface area contributed by atoms with Crippen LogP contribution in [-0.4, -0.2) is 21.1 Å². The summed E-state index contributed by atoms with van der Waals surface area (Å²) in [5, 5.41) is 13.9. The van der Waals surface area contributed by atoms with Gasteiger partial charge in [0.1, 0.15) is 0 Å². The summed E-state index contributed by atoms with van der Waals surface area (Å²) < 4.78 is 0. The Morgan fingerprint density at radius 1 is 1.00 bits per heavy atom. The summed E-state index contributed by atoms with van der Waals surface area (Å²) in [4.78, 5) is 17.4. The molecule has 2 atom stereocenters. The number of amides is 1. The number of benzene rings is 2. The molecule has 4 aromatic rings. The van der Waals surface area contributed by atoms with E-state index in [-0.39, 0.29) is 5.91 Å². The van der Waals surface area contributed by atoms with Crippen molar-refractivity contribution >= 4 is 23.1 Å². The molecule has 3 N–H and O–H groups in total. The topological polar surface area (TPSA) is 82.7 Å². The minimum atomic E-state index is -0.117. The number of hydrogen-bond acceptors (Lipinski definition) is 4. The number of carbonyl (C=O) groups excluding carboxylic acids is 1. The molecule has 6 nitrogen and oxygen atoms in total.